The fourth-order valence-electron chi connectivity index (χ4n) is 3.89. The van der Waals surface area contributed by atoms with E-state index in [0.29, 0.717) is 40.8 Å². The molecule has 0 radical (unpaired) electrons. The van der Waals surface area contributed by atoms with Crippen LogP contribution in [0, 0.1) is 6.92 Å². The average molecular weight is 453 g/mol. The number of nitrogens with zero attached hydrogens (tertiary/aromatic N) is 3. The normalized spacial score (nSPS) is 11.0. The number of hydrogen-bond donors (Lipinski definition) is 0. The number of aryl methyl sites for hydroxylation is 1. The van der Waals surface area contributed by atoms with Crippen molar-refractivity contribution >= 4 is 10.8 Å². The summed E-state index contributed by atoms with van der Waals surface area (Å²) in [6, 6.07) is 20.7. The van der Waals surface area contributed by atoms with Crippen LogP contribution in [-0.2, 0) is 0 Å². The maximum absolute atomic E-state index is 13.3. The van der Waals surface area contributed by atoms with Gasteiger partial charge < -0.3 is 14.0 Å². The summed E-state index contributed by atoms with van der Waals surface area (Å²) in [5, 5.41) is 5.51. The number of hydrogen-bond acceptors (Lipinski definition) is 6. The Morgan fingerprint density at radius 1 is 0.971 bits per heavy atom. The molecule has 0 saturated carbocycles. The van der Waals surface area contributed by atoms with Crippen molar-refractivity contribution in [2.45, 2.75) is 13.8 Å². The fraction of sp³-hybridized carbons (Fsp3) is 0.148. The van der Waals surface area contributed by atoms with Gasteiger partial charge in [-0.1, -0.05) is 41.1 Å². The molecule has 7 nitrogen and oxygen atoms in total. The second kappa shape index (κ2) is 8.86. The van der Waals surface area contributed by atoms with E-state index >= 15 is 0 Å². The summed E-state index contributed by atoms with van der Waals surface area (Å²) < 4.78 is 18.3. The molecule has 2 aromatic heterocycles. The van der Waals surface area contributed by atoms with Crippen molar-refractivity contribution in [2.75, 3.05) is 13.7 Å². The predicted molar refractivity (Wildman–Crippen MR) is 131 cm³/mol. The molecule has 7 heteroatoms. The molecule has 170 valence electrons. The quantitative estimate of drug-likeness (QED) is 0.341. The Hall–Kier alpha value is -4.39. The third-order valence-electron chi connectivity index (χ3n) is 5.61. The first-order valence-electron chi connectivity index (χ1n) is 11.0. The van der Waals surface area contributed by atoms with Crippen LogP contribution in [-0.4, -0.2) is 28.4 Å². The van der Waals surface area contributed by atoms with Gasteiger partial charge in [-0.2, -0.15) is 4.98 Å². The van der Waals surface area contributed by atoms with Crippen molar-refractivity contribution in [3.05, 3.63) is 88.8 Å². The monoisotopic (exact) mass is 453 g/mol. The number of rotatable bonds is 6. The maximum atomic E-state index is 13.3. The van der Waals surface area contributed by atoms with Gasteiger partial charge in [-0.25, -0.2) is 0 Å². The highest BCUT2D eigenvalue weighted by molar-refractivity contribution is 5.94. The van der Waals surface area contributed by atoms with Crippen LogP contribution >= 0.6 is 0 Å². The van der Waals surface area contributed by atoms with E-state index in [4.69, 9.17) is 14.0 Å². The zero-order valence-corrected chi connectivity index (χ0v) is 19.1. The van der Waals surface area contributed by atoms with Gasteiger partial charge in [-0.15, -0.1) is 0 Å². The first-order valence-corrected chi connectivity index (χ1v) is 11.0. The molecule has 0 aliphatic heterocycles. The molecule has 0 spiro atoms. The molecule has 0 N–H and O–H groups in total. The van der Waals surface area contributed by atoms with Crippen molar-refractivity contribution in [3.8, 4) is 40.0 Å². The molecular formula is C27H23N3O4. The molecule has 0 unspecified atom stereocenters. The number of aromatic nitrogens is 3. The van der Waals surface area contributed by atoms with E-state index in [1.807, 2.05) is 74.5 Å². The van der Waals surface area contributed by atoms with Gasteiger partial charge in [0.15, 0.2) is 11.5 Å². The Bertz CT molecular complexity index is 1530. The summed E-state index contributed by atoms with van der Waals surface area (Å²) in [6.45, 7) is 4.46. The van der Waals surface area contributed by atoms with Crippen molar-refractivity contribution in [1.82, 2.24) is 14.7 Å². The van der Waals surface area contributed by atoms with Crippen LogP contribution < -0.4 is 15.0 Å². The second-order valence-corrected chi connectivity index (χ2v) is 7.82. The van der Waals surface area contributed by atoms with Crippen molar-refractivity contribution in [2.24, 2.45) is 0 Å². The highest BCUT2D eigenvalue weighted by atomic mass is 16.5. The molecular weight excluding hydrogens is 430 g/mol. The zero-order valence-electron chi connectivity index (χ0n) is 19.1. The standard InChI is InChI=1S/C27H23N3O4/c1-4-33-23-14-11-18(15-24(23)32-3)25-28-26(34-29-25)22-16-30(19-12-9-17(2)10-13-19)27(31)21-8-6-5-7-20(21)22/h5-16H,4H2,1-3H3. The third kappa shape index (κ3) is 3.81. The van der Waals surface area contributed by atoms with E-state index in [2.05, 4.69) is 10.1 Å². The minimum atomic E-state index is -0.112. The summed E-state index contributed by atoms with van der Waals surface area (Å²) in [4.78, 5) is 17.9. The number of pyridine rings is 1. The molecule has 0 saturated heterocycles. The van der Waals surface area contributed by atoms with Crippen LogP contribution in [0.4, 0.5) is 0 Å². The van der Waals surface area contributed by atoms with E-state index in [0.717, 1.165) is 22.2 Å². The lowest BCUT2D eigenvalue weighted by molar-refractivity contribution is 0.311. The van der Waals surface area contributed by atoms with Gasteiger partial charge >= 0.3 is 0 Å². The van der Waals surface area contributed by atoms with E-state index < -0.39 is 0 Å². The summed E-state index contributed by atoms with van der Waals surface area (Å²) >= 11 is 0. The average Bonchev–Trinajstić information content (AvgIpc) is 3.36. The van der Waals surface area contributed by atoms with Gasteiger partial charge in [0.25, 0.3) is 11.4 Å². The summed E-state index contributed by atoms with van der Waals surface area (Å²) in [5.74, 6) is 1.96. The molecule has 0 bridgehead atoms. The van der Waals surface area contributed by atoms with E-state index in [1.54, 1.807) is 23.9 Å². The molecule has 0 atom stereocenters. The molecule has 0 aliphatic rings. The van der Waals surface area contributed by atoms with Crippen molar-refractivity contribution in [1.29, 1.82) is 0 Å². The van der Waals surface area contributed by atoms with Crippen LogP contribution in [0.2, 0.25) is 0 Å². The van der Waals surface area contributed by atoms with Gasteiger partial charge in [-0.05, 0) is 50.2 Å². The lowest BCUT2D eigenvalue weighted by Crippen LogP contribution is -2.18. The molecule has 0 aliphatic carbocycles. The summed E-state index contributed by atoms with van der Waals surface area (Å²) in [6.07, 6.45) is 1.76. The number of benzene rings is 3. The topological polar surface area (TPSA) is 79.4 Å². The molecule has 2 heterocycles. The van der Waals surface area contributed by atoms with Crippen molar-refractivity contribution < 1.29 is 14.0 Å². The van der Waals surface area contributed by atoms with Gasteiger partial charge in [-0.3, -0.25) is 9.36 Å². The van der Waals surface area contributed by atoms with Crippen LogP contribution in [0.5, 0.6) is 11.5 Å². The molecule has 34 heavy (non-hydrogen) atoms. The Morgan fingerprint density at radius 3 is 2.47 bits per heavy atom. The first kappa shape index (κ1) is 21.5. The Morgan fingerprint density at radius 2 is 1.74 bits per heavy atom. The lowest BCUT2D eigenvalue weighted by atomic mass is 10.1. The van der Waals surface area contributed by atoms with Gasteiger partial charge in [0.2, 0.25) is 5.82 Å². The van der Waals surface area contributed by atoms with E-state index in [-0.39, 0.29) is 5.56 Å². The SMILES string of the molecule is CCOc1ccc(-c2noc(-c3cn(-c4ccc(C)cc4)c(=O)c4ccccc34)n2)cc1OC. The van der Waals surface area contributed by atoms with Crippen LogP contribution in [0.1, 0.15) is 12.5 Å². The molecule has 5 rings (SSSR count). The fourth-order valence-corrected chi connectivity index (χ4v) is 3.89. The number of ether oxygens (including phenoxy) is 2. The highest BCUT2D eigenvalue weighted by Crippen LogP contribution is 2.33. The smallest absolute Gasteiger partial charge is 0.262 e. The summed E-state index contributed by atoms with van der Waals surface area (Å²) in [5.41, 5.74) is 3.17. The predicted octanol–water partition coefficient (Wildman–Crippen LogP) is 5.42. The van der Waals surface area contributed by atoms with Crippen LogP contribution in [0.25, 0.3) is 39.3 Å². The largest absolute Gasteiger partial charge is 0.493 e. The number of fused-ring (bicyclic) bond motifs is 1. The van der Waals surface area contributed by atoms with Gasteiger partial charge in [0.05, 0.1) is 19.3 Å². The summed E-state index contributed by atoms with van der Waals surface area (Å²) in [7, 11) is 1.59. The van der Waals surface area contributed by atoms with Gasteiger partial charge in [0.1, 0.15) is 0 Å². The number of methoxy groups -OCH3 is 1. The minimum Gasteiger partial charge on any atom is -0.493 e. The zero-order chi connectivity index (χ0) is 23.7. The van der Waals surface area contributed by atoms with Crippen LogP contribution in [0.15, 0.2) is 82.2 Å². The van der Waals surface area contributed by atoms with Crippen LogP contribution in [0.3, 0.4) is 0 Å². The lowest BCUT2D eigenvalue weighted by Gasteiger charge is -2.11. The Balaban J connectivity index is 1.64. The molecule has 3 aromatic carbocycles. The second-order valence-electron chi connectivity index (χ2n) is 7.82. The molecule has 0 amide bonds. The molecule has 5 aromatic rings. The third-order valence-corrected chi connectivity index (χ3v) is 5.61. The van der Waals surface area contributed by atoms with E-state index in [9.17, 15) is 4.79 Å². The van der Waals surface area contributed by atoms with E-state index in [1.165, 1.54) is 0 Å². The first-order chi connectivity index (χ1) is 16.6. The Labute approximate surface area is 196 Å². The highest BCUT2D eigenvalue weighted by Gasteiger charge is 2.18. The minimum absolute atomic E-state index is 0.112. The Kier molecular flexibility index (Phi) is 5.59. The van der Waals surface area contributed by atoms with Gasteiger partial charge in [0, 0.05) is 28.2 Å². The maximum Gasteiger partial charge on any atom is 0.262 e. The van der Waals surface area contributed by atoms with Crippen molar-refractivity contribution in [3.63, 3.8) is 0 Å². The molecule has 0 fully saturated rings.